The molecule has 0 radical (unpaired) electrons. The van der Waals surface area contributed by atoms with Gasteiger partial charge in [0.25, 0.3) is 12.0 Å². The van der Waals surface area contributed by atoms with E-state index < -0.39 is 12.0 Å². The average Bonchev–Trinajstić information content (AvgIpc) is 3.01. The molecular weight excluding hydrogens is 368 g/mol. The van der Waals surface area contributed by atoms with E-state index in [0.29, 0.717) is 6.04 Å². The Labute approximate surface area is 162 Å². The van der Waals surface area contributed by atoms with Gasteiger partial charge >= 0.3 is 0 Å². The van der Waals surface area contributed by atoms with Gasteiger partial charge < -0.3 is 10.2 Å². The molecule has 0 spiro atoms. The van der Waals surface area contributed by atoms with E-state index in [-0.39, 0.29) is 41.5 Å². The Morgan fingerprint density at radius 3 is 2.61 bits per heavy atom. The minimum absolute atomic E-state index is 0.101. The molecule has 0 aromatic carbocycles. The number of likely N-dealkylation sites (tertiary alicyclic amines) is 1. The van der Waals surface area contributed by atoms with E-state index in [4.69, 9.17) is 0 Å². The molecular formula is C19H27F2N5O2. The van der Waals surface area contributed by atoms with Gasteiger partial charge in [-0.25, -0.2) is 8.78 Å². The van der Waals surface area contributed by atoms with E-state index in [1.807, 2.05) is 0 Å². The van der Waals surface area contributed by atoms with Crippen LogP contribution >= 0.6 is 0 Å². The molecule has 9 heteroatoms. The zero-order valence-corrected chi connectivity index (χ0v) is 16.5. The van der Waals surface area contributed by atoms with E-state index >= 15 is 0 Å². The molecule has 1 amide bonds. The molecule has 1 N–H and O–H groups in total. The predicted octanol–water partition coefficient (Wildman–Crippen LogP) is 2.05. The number of nitrogens with zero attached hydrogens (tertiary/aromatic N) is 4. The van der Waals surface area contributed by atoms with Gasteiger partial charge in [0.1, 0.15) is 0 Å². The Morgan fingerprint density at radius 2 is 2.00 bits per heavy atom. The summed E-state index contributed by atoms with van der Waals surface area (Å²) in [6.45, 7) is 6.33. The van der Waals surface area contributed by atoms with Crippen LogP contribution in [-0.2, 0) is 18.4 Å². The van der Waals surface area contributed by atoms with Gasteiger partial charge in [-0.1, -0.05) is 0 Å². The number of pyridine rings is 1. The normalized spacial score (nSPS) is 16.4. The van der Waals surface area contributed by atoms with Crippen LogP contribution < -0.4 is 10.9 Å². The molecule has 3 rings (SSSR count). The molecule has 1 aliphatic heterocycles. The van der Waals surface area contributed by atoms with Crippen molar-refractivity contribution in [3.8, 4) is 0 Å². The highest BCUT2D eigenvalue weighted by atomic mass is 19.3. The zero-order valence-electron chi connectivity index (χ0n) is 16.5. The minimum Gasteiger partial charge on any atom is -0.353 e. The summed E-state index contributed by atoms with van der Waals surface area (Å²) in [6.07, 6.45) is 0.614. The van der Waals surface area contributed by atoms with Gasteiger partial charge in [0, 0.05) is 68.4 Å². The van der Waals surface area contributed by atoms with Crippen molar-refractivity contribution in [1.82, 2.24) is 24.6 Å². The standard InChI is InChI=1S/C19H27F2N5O2/c1-12(2)25-7-4-13(5-8-25)22-16(27)6-9-26-17(28)10-14(18(20)21)15-11-24(3)23-19(15)26/h10-13,18H,4-9H2,1-3H3,(H,22,27). The molecule has 2 aromatic heterocycles. The molecule has 1 saturated heterocycles. The molecule has 0 saturated carbocycles. The van der Waals surface area contributed by atoms with Crippen LogP contribution in [0.4, 0.5) is 8.78 Å². The third-order valence-electron chi connectivity index (χ3n) is 5.34. The highest BCUT2D eigenvalue weighted by molar-refractivity contribution is 5.79. The van der Waals surface area contributed by atoms with Crippen LogP contribution in [0.5, 0.6) is 0 Å². The first-order chi connectivity index (χ1) is 13.3. The third kappa shape index (κ3) is 4.40. The number of rotatable bonds is 6. The monoisotopic (exact) mass is 395 g/mol. The van der Waals surface area contributed by atoms with E-state index in [1.54, 1.807) is 7.05 Å². The summed E-state index contributed by atoms with van der Waals surface area (Å²) in [5.74, 6) is -0.142. The number of amides is 1. The Kier molecular flexibility index (Phi) is 6.12. The van der Waals surface area contributed by atoms with Crippen LogP contribution in [0.3, 0.4) is 0 Å². The van der Waals surface area contributed by atoms with E-state index in [0.717, 1.165) is 32.0 Å². The summed E-state index contributed by atoms with van der Waals surface area (Å²) < 4.78 is 29.1. The number of fused-ring (bicyclic) bond motifs is 1. The third-order valence-corrected chi connectivity index (χ3v) is 5.34. The summed E-state index contributed by atoms with van der Waals surface area (Å²) in [7, 11) is 1.61. The number of alkyl halides is 2. The van der Waals surface area contributed by atoms with Crippen molar-refractivity contribution in [1.29, 1.82) is 0 Å². The number of halogens is 2. The van der Waals surface area contributed by atoms with Crippen LogP contribution in [0.25, 0.3) is 11.0 Å². The van der Waals surface area contributed by atoms with E-state index in [1.165, 1.54) is 15.4 Å². The van der Waals surface area contributed by atoms with Gasteiger partial charge in [0.15, 0.2) is 5.65 Å². The summed E-state index contributed by atoms with van der Waals surface area (Å²) in [5.41, 5.74) is -0.714. The second-order valence-electron chi connectivity index (χ2n) is 7.65. The van der Waals surface area contributed by atoms with Gasteiger partial charge in [-0.05, 0) is 26.7 Å². The first kappa shape index (κ1) is 20.4. The Hall–Kier alpha value is -2.29. The van der Waals surface area contributed by atoms with Crippen molar-refractivity contribution in [3.63, 3.8) is 0 Å². The lowest BCUT2D eigenvalue weighted by Gasteiger charge is -2.34. The molecule has 0 unspecified atom stereocenters. The van der Waals surface area contributed by atoms with Crippen molar-refractivity contribution in [2.24, 2.45) is 7.05 Å². The maximum absolute atomic E-state index is 13.2. The number of nitrogens with one attached hydrogen (secondary N) is 1. The summed E-state index contributed by atoms with van der Waals surface area (Å²) in [6, 6.07) is 1.57. The molecule has 0 aliphatic carbocycles. The van der Waals surface area contributed by atoms with Gasteiger partial charge in [0.2, 0.25) is 5.91 Å². The summed E-state index contributed by atoms with van der Waals surface area (Å²) in [5, 5.41) is 7.40. The maximum atomic E-state index is 13.2. The van der Waals surface area contributed by atoms with Crippen LogP contribution in [0.2, 0.25) is 0 Å². The number of piperidine rings is 1. The first-order valence-electron chi connectivity index (χ1n) is 9.65. The fourth-order valence-corrected chi connectivity index (χ4v) is 3.74. The Balaban J connectivity index is 1.66. The zero-order chi connectivity index (χ0) is 20.4. The van der Waals surface area contributed by atoms with Crippen molar-refractivity contribution in [2.75, 3.05) is 13.1 Å². The van der Waals surface area contributed by atoms with E-state index in [2.05, 4.69) is 29.2 Å². The number of hydrogen-bond donors (Lipinski definition) is 1. The molecule has 7 nitrogen and oxygen atoms in total. The van der Waals surface area contributed by atoms with Crippen LogP contribution in [0.15, 0.2) is 17.1 Å². The number of aromatic nitrogens is 3. The second-order valence-corrected chi connectivity index (χ2v) is 7.65. The highest BCUT2D eigenvalue weighted by Gasteiger charge is 2.23. The molecule has 1 aliphatic rings. The van der Waals surface area contributed by atoms with Gasteiger partial charge in [-0.3, -0.25) is 18.8 Å². The average molecular weight is 395 g/mol. The molecule has 3 heterocycles. The van der Waals surface area contributed by atoms with Gasteiger partial charge in [-0.2, -0.15) is 5.10 Å². The smallest absolute Gasteiger partial charge is 0.264 e. The first-order valence-corrected chi connectivity index (χ1v) is 9.65. The lowest BCUT2D eigenvalue weighted by Crippen LogP contribution is -2.46. The lowest BCUT2D eigenvalue weighted by atomic mass is 10.0. The topological polar surface area (TPSA) is 72.2 Å². The highest BCUT2D eigenvalue weighted by Crippen LogP contribution is 2.25. The van der Waals surface area contributed by atoms with Crippen LogP contribution in [0.1, 0.15) is 45.1 Å². The van der Waals surface area contributed by atoms with E-state index in [9.17, 15) is 18.4 Å². The van der Waals surface area contributed by atoms with Crippen molar-refractivity contribution < 1.29 is 13.6 Å². The fraction of sp³-hybridized carbons (Fsp3) is 0.632. The predicted molar refractivity (Wildman–Crippen MR) is 102 cm³/mol. The van der Waals surface area contributed by atoms with Crippen molar-refractivity contribution in [2.45, 2.75) is 58.2 Å². The van der Waals surface area contributed by atoms with Crippen molar-refractivity contribution in [3.05, 3.63) is 28.2 Å². The van der Waals surface area contributed by atoms with Gasteiger partial charge in [0.05, 0.1) is 0 Å². The molecule has 154 valence electrons. The van der Waals surface area contributed by atoms with Crippen molar-refractivity contribution >= 4 is 16.9 Å². The molecule has 1 fully saturated rings. The molecule has 0 bridgehead atoms. The number of carbonyl (C=O) groups is 1. The van der Waals surface area contributed by atoms with Crippen LogP contribution in [0, 0.1) is 0 Å². The second kappa shape index (κ2) is 8.38. The molecule has 0 atom stereocenters. The maximum Gasteiger partial charge on any atom is 0.264 e. The molecule has 28 heavy (non-hydrogen) atoms. The van der Waals surface area contributed by atoms with Gasteiger partial charge in [-0.15, -0.1) is 0 Å². The minimum atomic E-state index is -2.76. The lowest BCUT2D eigenvalue weighted by molar-refractivity contribution is -0.122. The molecule has 2 aromatic rings. The SMILES string of the molecule is CC(C)N1CCC(NC(=O)CCn2c(=O)cc(C(F)F)c3cn(C)nc32)CC1. The summed E-state index contributed by atoms with van der Waals surface area (Å²) in [4.78, 5) is 27.0. The largest absolute Gasteiger partial charge is 0.353 e. The summed E-state index contributed by atoms with van der Waals surface area (Å²) >= 11 is 0. The number of aryl methyl sites for hydroxylation is 2. The van der Waals surface area contributed by atoms with Crippen LogP contribution in [-0.4, -0.2) is 50.3 Å². The number of carbonyl (C=O) groups excluding carboxylic acids is 1. The Bertz CT molecular complexity index is 898. The Morgan fingerprint density at radius 1 is 1.32 bits per heavy atom. The fourth-order valence-electron chi connectivity index (χ4n) is 3.74. The quantitative estimate of drug-likeness (QED) is 0.813. The number of hydrogen-bond acceptors (Lipinski definition) is 4.